The normalized spacial score (nSPS) is 19.7. The molecule has 1 unspecified atom stereocenters. The third-order valence-corrected chi connectivity index (χ3v) is 5.51. The van der Waals surface area contributed by atoms with Crippen LogP contribution in [0.5, 0.6) is 0 Å². The first-order valence-electron chi connectivity index (χ1n) is 7.53. The zero-order valence-electron chi connectivity index (χ0n) is 14.2. The second-order valence-corrected chi connectivity index (χ2v) is 9.45. The van der Waals surface area contributed by atoms with E-state index in [0.29, 0.717) is 11.5 Å². The molecule has 7 nitrogen and oxygen atoms in total. The van der Waals surface area contributed by atoms with Crippen LogP contribution in [0.3, 0.4) is 0 Å². The molecule has 0 aromatic rings. The van der Waals surface area contributed by atoms with Gasteiger partial charge in [0.25, 0.3) is 5.91 Å². The lowest BCUT2D eigenvalue weighted by Gasteiger charge is -2.31. The Kier molecular flexibility index (Phi) is 7.48. The SMILES string of the molecule is COC1=CC=C(C(NCC(=O)N(O)CCO)P(C)(C)=O)[C@H](C)C1. The van der Waals surface area contributed by atoms with Crippen molar-refractivity contribution in [3.8, 4) is 0 Å². The molecule has 23 heavy (non-hydrogen) atoms. The molecule has 132 valence electrons. The number of nitrogens with zero attached hydrogens (tertiary/aromatic N) is 1. The van der Waals surface area contributed by atoms with Gasteiger partial charge < -0.3 is 14.4 Å². The summed E-state index contributed by atoms with van der Waals surface area (Å²) in [4.78, 5) is 11.8. The molecule has 0 heterocycles. The van der Waals surface area contributed by atoms with Crippen molar-refractivity contribution in [3.63, 3.8) is 0 Å². The Hall–Kier alpha value is -1.14. The summed E-state index contributed by atoms with van der Waals surface area (Å²) in [5.41, 5.74) is 0.957. The van der Waals surface area contributed by atoms with Gasteiger partial charge >= 0.3 is 0 Å². The number of hydrogen-bond acceptors (Lipinski definition) is 6. The van der Waals surface area contributed by atoms with Gasteiger partial charge in [-0.25, -0.2) is 5.06 Å². The van der Waals surface area contributed by atoms with Crippen LogP contribution in [0.15, 0.2) is 23.5 Å². The van der Waals surface area contributed by atoms with E-state index >= 15 is 0 Å². The highest BCUT2D eigenvalue weighted by Crippen LogP contribution is 2.47. The van der Waals surface area contributed by atoms with Crippen molar-refractivity contribution in [3.05, 3.63) is 23.5 Å². The third-order valence-electron chi connectivity index (χ3n) is 3.78. The number of carbonyl (C=O) groups is 1. The molecule has 0 spiro atoms. The Labute approximate surface area is 137 Å². The first-order valence-corrected chi connectivity index (χ1v) is 10.2. The van der Waals surface area contributed by atoms with Crippen molar-refractivity contribution in [1.29, 1.82) is 0 Å². The molecule has 0 aromatic carbocycles. The molecule has 2 atom stereocenters. The Bertz CT molecular complexity index is 526. The van der Waals surface area contributed by atoms with Gasteiger partial charge in [0.2, 0.25) is 0 Å². The van der Waals surface area contributed by atoms with Crippen LogP contribution in [0.4, 0.5) is 0 Å². The van der Waals surface area contributed by atoms with E-state index in [2.05, 4.69) is 5.32 Å². The summed E-state index contributed by atoms with van der Waals surface area (Å²) in [7, 11) is -0.945. The first-order chi connectivity index (χ1) is 10.7. The minimum atomic E-state index is -2.56. The summed E-state index contributed by atoms with van der Waals surface area (Å²) in [5, 5.41) is 21.6. The molecule has 0 aliphatic heterocycles. The van der Waals surface area contributed by atoms with Gasteiger partial charge in [0, 0.05) is 6.42 Å². The molecule has 8 heteroatoms. The number of carbonyl (C=O) groups excluding carboxylic acids is 1. The van der Waals surface area contributed by atoms with Gasteiger partial charge in [0.1, 0.15) is 7.14 Å². The summed E-state index contributed by atoms with van der Waals surface area (Å²) in [6.45, 7) is 4.73. The predicted octanol–water partition coefficient (Wildman–Crippen LogP) is 1.23. The molecule has 1 amide bonds. The van der Waals surface area contributed by atoms with E-state index in [4.69, 9.17) is 9.84 Å². The smallest absolute Gasteiger partial charge is 0.259 e. The quantitative estimate of drug-likeness (QED) is 0.347. The van der Waals surface area contributed by atoms with Gasteiger partial charge in [-0.3, -0.25) is 15.3 Å². The summed E-state index contributed by atoms with van der Waals surface area (Å²) in [5.74, 6) is -0.0191. The molecule has 0 bridgehead atoms. The number of methoxy groups -OCH3 is 1. The molecule has 3 N–H and O–H groups in total. The number of allylic oxidation sites excluding steroid dienone is 3. The van der Waals surface area contributed by atoms with Crippen LogP contribution in [0.25, 0.3) is 0 Å². The molecular formula is C15H27N2O5P. The molecule has 1 aliphatic carbocycles. The van der Waals surface area contributed by atoms with E-state index in [-0.39, 0.29) is 25.6 Å². The number of hydrogen-bond donors (Lipinski definition) is 3. The van der Waals surface area contributed by atoms with Crippen molar-refractivity contribution in [2.75, 3.05) is 40.1 Å². The molecule has 0 aromatic heterocycles. The molecular weight excluding hydrogens is 319 g/mol. The Balaban J connectivity index is 2.87. The highest BCUT2D eigenvalue weighted by molar-refractivity contribution is 7.63. The largest absolute Gasteiger partial charge is 0.501 e. The van der Waals surface area contributed by atoms with E-state index in [1.807, 2.05) is 19.1 Å². The van der Waals surface area contributed by atoms with Crippen LogP contribution < -0.4 is 5.32 Å². The van der Waals surface area contributed by atoms with Gasteiger partial charge in [-0.05, 0) is 30.9 Å². The average Bonchev–Trinajstić information content (AvgIpc) is 2.47. The fourth-order valence-corrected chi connectivity index (χ4v) is 4.13. The van der Waals surface area contributed by atoms with Gasteiger partial charge in [-0.2, -0.15) is 0 Å². The topological polar surface area (TPSA) is 99.1 Å². The lowest BCUT2D eigenvalue weighted by atomic mass is 9.92. The molecule has 0 radical (unpaired) electrons. The molecule has 1 rings (SSSR count). The zero-order valence-corrected chi connectivity index (χ0v) is 15.0. The Morgan fingerprint density at radius 3 is 2.65 bits per heavy atom. The number of amides is 1. The van der Waals surface area contributed by atoms with Gasteiger partial charge in [0.15, 0.2) is 0 Å². The monoisotopic (exact) mass is 346 g/mol. The Morgan fingerprint density at radius 2 is 2.17 bits per heavy atom. The second kappa shape index (κ2) is 8.64. The van der Waals surface area contributed by atoms with Crippen molar-refractivity contribution >= 4 is 13.0 Å². The summed E-state index contributed by atoms with van der Waals surface area (Å²) in [6.07, 6.45) is 4.45. The molecule has 0 fully saturated rings. The van der Waals surface area contributed by atoms with Crippen molar-refractivity contribution in [2.24, 2.45) is 5.92 Å². The molecule has 0 saturated carbocycles. The van der Waals surface area contributed by atoms with Crippen LogP contribution in [0.1, 0.15) is 13.3 Å². The average molecular weight is 346 g/mol. The van der Waals surface area contributed by atoms with Crippen LogP contribution in [-0.2, 0) is 14.1 Å². The van der Waals surface area contributed by atoms with Crippen molar-refractivity contribution in [2.45, 2.75) is 19.1 Å². The third kappa shape index (κ3) is 5.77. The van der Waals surface area contributed by atoms with E-state index in [9.17, 15) is 14.6 Å². The molecule has 1 aliphatic rings. The van der Waals surface area contributed by atoms with E-state index in [0.717, 1.165) is 11.3 Å². The number of rotatable bonds is 8. The number of aliphatic hydroxyl groups is 1. The van der Waals surface area contributed by atoms with Gasteiger partial charge in [-0.1, -0.05) is 13.0 Å². The highest BCUT2D eigenvalue weighted by atomic mass is 31.2. The van der Waals surface area contributed by atoms with E-state index in [1.165, 1.54) is 0 Å². The summed E-state index contributed by atoms with van der Waals surface area (Å²) < 4.78 is 17.9. The van der Waals surface area contributed by atoms with Crippen molar-refractivity contribution < 1.29 is 24.4 Å². The maximum Gasteiger partial charge on any atom is 0.259 e. The van der Waals surface area contributed by atoms with Crippen LogP contribution in [-0.4, -0.2) is 67.2 Å². The number of aliphatic hydroxyl groups excluding tert-OH is 1. The lowest BCUT2D eigenvalue weighted by Crippen LogP contribution is -2.42. The predicted molar refractivity (Wildman–Crippen MR) is 88.8 cm³/mol. The second-order valence-electron chi connectivity index (χ2n) is 6.07. The van der Waals surface area contributed by atoms with Crippen molar-refractivity contribution in [1.82, 2.24) is 10.4 Å². The number of hydroxylamine groups is 2. The van der Waals surface area contributed by atoms with Gasteiger partial charge in [0.05, 0.1) is 38.3 Å². The molecule has 0 saturated heterocycles. The summed E-state index contributed by atoms with van der Waals surface area (Å²) in [6, 6.07) is 0. The Morgan fingerprint density at radius 1 is 1.52 bits per heavy atom. The van der Waals surface area contributed by atoms with Crippen LogP contribution in [0, 0.1) is 5.92 Å². The fraction of sp³-hybridized carbons (Fsp3) is 0.667. The highest BCUT2D eigenvalue weighted by Gasteiger charge is 2.31. The fourth-order valence-electron chi connectivity index (χ4n) is 2.54. The van der Waals surface area contributed by atoms with E-state index < -0.39 is 18.8 Å². The maximum atomic E-state index is 12.6. The minimum absolute atomic E-state index is 0.137. The standard InChI is InChI=1S/C15H27N2O5P/c1-11-9-12(22-2)5-6-13(11)15(23(3,4)21)16-10-14(19)17(20)7-8-18/h5-6,11,15-16,18,20H,7-10H2,1-4H3/t11-,15?/m1/s1. The maximum absolute atomic E-state index is 12.6. The zero-order chi connectivity index (χ0) is 17.6. The van der Waals surface area contributed by atoms with E-state index in [1.54, 1.807) is 20.4 Å². The lowest BCUT2D eigenvalue weighted by molar-refractivity contribution is -0.165. The number of ether oxygens (including phenoxy) is 1. The van der Waals surface area contributed by atoms with Crippen LogP contribution in [0.2, 0.25) is 0 Å². The van der Waals surface area contributed by atoms with Gasteiger partial charge in [-0.15, -0.1) is 0 Å². The summed E-state index contributed by atoms with van der Waals surface area (Å²) >= 11 is 0. The minimum Gasteiger partial charge on any atom is -0.501 e. The number of nitrogens with one attached hydrogen (secondary N) is 1. The first kappa shape index (κ1) is 19.9. The van der Waals surface area contributed by atoms with Crippen LogP contribution >= 0.6 is 7.14 Å².